The molecule has 1 aromatic rings. The molecule has 0 aliphatic carbocycles. The van der Waals surface area contributed by atoms with Crippen LogP contribution in [0.3, 0.4) is 0 Å². The molecule has 1 unspecified atom stereocenters. The van der Waals surface area contributed by atoms with E-state index < -0.39 is 0 Å². The molecule has 1 aliphatic rings. The Morgan fingerprint density at radius 2 is 1.83 bits per heavy atom. The summed E-state index contributed by atoms with van der Waals surface area (Å²) in [6.45, 7) is 6.79. The lowest BCUT2D eigenvalue weighted by Crippen LogP contribution is -2.33. The lowest BCUT2D eigenvalue weighted by Gasteiger charge is -2.33. The predicted molar refractivity (Wildman–Crippen MR) is 79.0 cm³/mol. The maximum Gasteiger partial charge on any atom is 0.0366 e. The Hall–Kier alpha value is -1.02. The number of hydrogen-bond donors (Lipinski definition) is 1. The Bertz CT molecular complexity index is 348. The summed E-state index contributed by atoms with van der Waals surface area (Å²) in [5.41, 5.74) is 8.54. The topological polar surface area (TPSA) is 29.3 Å². The van der Waals surface area contributed by atoms with Gasteiger partial charge in [-0.15, -0.1) is 0 Å². The van der Waals surface area contributed by atoms with E-state index in [9.17, 15) is 0 Å². The number of nitrogens with zero attached hydrogens (tertiary/aromatic N) is 1. The molecule has 1 saturated heterocycles. The Balaban J connectivity index is 1.93. The van der Waals surface area contributed by atoms with Gasteiger partial charge in [-0.25, -0.2) is 0 Å². The van der Waals surface area contributed by atoms with Crippen molar-refractivity contribution in [3.8, 4) is 0 Å². The highest BCUT2D eigenvalue weighted by molar-refractivity contribution is 5.48. The van der Waals surface area contributed by atoms with Gasteiger partial charge in [-0.2, -0.15) is 0 Å². The largest absolute Gasteiger partial charge is 0.372 e. The highest BCUT2D eigenvalue weighted by atomic mass is 15.1. The lowest BCUT2D eigenvalue weighted by atomic mass is 9.94. The average molecular weight is 246 g/mol. The monoisotopic (exact) mass is 246 g/mol. The van der Waals surface area contributed by atoms with Crippen molar-refractivity contribution in [2.45, 2.75) is 45.6 Å². The molecule has 0 amide bonds. The molecule has 2 rings (SSSR count). The highest BCUT2D eigenvalue weighted by Gasteiger charge is 2.17. The second-order valence-electron chi connectivity index (χ2n) is 5.69. The van der Waals surface area contributed by atoms with Crippen molar-refractivity contribution in [2.24, 2.45) is 11.7 Å². The van der Waals surface area contributed by atoms with Crippen molar-refractivity contribution in [2.75, 3.05) is 18.0 Å². The number of hydrogen-bond acceptors (Lipinski definition) is 2. The maximum atomic E-state index is 5.83. The summed E-state index contributed by atoms with van der Waals surface area (Å²) in [6.07, 6.45) is 5.00. The van der Waals surface area contributed by atoms with Gasteiger partial charge in [0.15, 0.2) is 0 Å². The second-order valence-corrected chi connectivity index (χ2v) is 5.69. The molecule has 100 valence electrons. The van der Waals surface area contributed by atoms with Crippen LogP contribution < -0.4 is 10.6 Å². The zero-order valence-electron chi connectivity index (χ0n) is 11.7. The van der Waals surface area contributed by atoms with Crippen LogP contribution in [0.25, 0.3) is 0 Å². The van der Waals surface area contributed by atoms with Crippen molar-refractivity contribution in [3.05, 3.63) is 29.8 Å². The molecule has 2 N–H and O–H groups in total. The Labute approximate surface area is 111 Å². The van der Waals surface area contributed by atoms with Crippen LogP contribution in [0.5, 0.6) is 0 Å². The number of piperidine rings is 1. The quantitative estimate of drug-likeness (QED) is 0.884. The van der Waals surface area contributed by atoms with Crippen molar-refractivity contribution < 1.29 is 0 Å². The van der Waals surface area contributed by atoms with Crippen molar-refractivity contribution in [3.63, 3.8) is 0 Å². The summed E-state index contributed by atoms with van der Waals surface area (Å²) in [4.78, 5) is 2.52. The SMILES string of the molecule is CCC1CCN(c2ccc(CC(C)N)cc2)CC1. The first-order valence-electron chi connectivity index (χ1n) is 7.28. The minimum Gasteiger partial charge on any atom is -0.372 e. The van der Waals surface area contributed by atoms with Gasteiger partial charge < -0.3 is 10.6 Å². The number of anilines is 1. The Kier molecular flexibility index (Phi) is 4.65. The molecule has 1 aliphatic heterocycles. The molecule has 1 fully saturated rings. The number of nitrogens with two attached hydrogens (primary N) is 1. The molecule has 2 nitrogen and oxygen atoms in total. The van der Waals surface area contributed by atoms with Gasteiger partial charge >= 0.3 is 0 Å². The van der Waals surface area contributed by atoms with Crippen LogP contribution in [0.1, 0.15) is 38.7 Å². The van der Waals surface area contributed by atoms with Crippen LogP contribution in [-0.4, -0.2) is 19.1 Å². The summed E-state index contributed by atoms with van der Waals surface area (Å²) >= 11 is 0. The molecule has 1 heterocycles. The van der Waals surface area contributed by atoms with E-state index in [-0.39, 0.29) is 6.04 Å². The lowest BCUT2D eigenvalue weighted by molar-refractivity contribution is 0.395. The van der Waals surface area contributed by atoms with Gasteiger partial charge in [-0.05, 0) is 49.8 Å². The van der Waals surface area contributed by atoms with E-state index in [1.807, 2.05) is 0 Å². The predicted octanol–water partition coefficient (Wildman–Crippen LogP) is 3.20. The molecule has 1 atom stereocenters. The second kappa shape index (κ2) is 6.24. The van der Waals surface area contributed by atoms with Gasteiger partial charge in [0.05, 0.1) is 0 Å². The van der Waals surface area contributed by atoms with Crippen LogP contribution in [0.4, 0.5) is 5.69 Å². The van der Waals surface area contributed by atoms with E-state index in [0.29, 0.717) is 0 Å². The fourth-order valence-corrected chi connectivity index (χ4v) is 2.81. The zero-order valence-corrected chi connectivity index (χ0v) is 11.7. The smallest absolute Gasteiger partial charge is 0.0366 e. The summed E-state index contributed by atoms with van der Waals surface area (Å²) < 4.78 is 0. The van der Waals surface area contributed by atoms with Crippen molar-refractivity contribution >= 4 is 5.69 Å². The molecule has 0 bridgehead atoms. The molecule has 0 saturated carbocycles. The molecule has 0 spiro atoms. The van der Waals surface area contributed by atoms with Gasteiger partial charge in [0.1, 0.15) is 0 Å². The van der Waals surface area contributed by atoms with E-state index >= 15 is 0 Å². The average Bonchev–Trinajstić information content (AvgIpc) is 2.39. The first-order chi connectivity index (χ1) is 8.69. The molecule has 1 aromatic carbocycles. The molecule has 0 radical (unpaired) electrons. The fraction of sp³-hybridized carbons (Fsp3) is 0.625. The minimum atomic E-state index is 0.246. The van der Waals surface area contributed by atoms with E-state index in [2.05, 4.69) is 43.0 Å². The summed E-state index contributed by atoms with van der Waals surface area (Å²) in [5.74, 6) is 0.943. The van der Waals surface area contributed by atoms with Crippen LogP contribution in [0.2, 0.25) is 0 Å². The van der Waals surface area contributed by atoms with Gasteiger partial charge in [0.2, 0.25) is 0 Å². The summed E-state index contributed by atoms with van der Waals surface area (Å²) in [5, 5.41) is 0. The van der Waals surface area contributed by atoms with E-state index in [1.165, 1.54) is 43.6 Å². The standard InChI is InChI=1S/C16H26N2/c1-3-14-8-10-18(11-9-14)16-6-4-15(5-7-16)12-13(2)17/h4-7,13-14H,3,8-12,17H2,1-2H3. The summed E-state index contributed by atoms with van der Waals surface area (Å²) in [7, 11) is 0. The molecular weight excluding hydrogens is 220 g/mol. The third kappa shape index (κ3) is 3.49. The third-order valence-electron chi connectivity index (χ3n) is 4.05. The van der Waals surface area contributed by atoms with E-state index in [4.69, 9.17) is 5.73 Å². The molecule has 2 heteroatoms. The first kappa shape index (κ1) is 13.4. The Morgan fingerprint density at radius 1 is 1.22 bits per heavy atom. The van der Waals surface area contributed by atoms with Crippen LogP contribution in [-0.2, 0) is 6.42 Å². The molecule has 18 heavy (non-hydrogen) atoms. The molecular formula is C16H26N2. The van der Waals surface area contributed by atoms with Crippen LogP contribution in [0, 0.1) is 5.92 Å². The minimum absolute atomic E-state index is 0.246. The molecule has 0 aromatic heterocycles. The maximum absolute atomic E-state index is 5.83. The van der Waals surface area contributed by atoms with Gasteiger partial charge in [-0.3, -0.25) is 0 Å². The summed E-state index contributed by atoms with van der Waals surface area (Å²) in [6, 6.07) is 9.21. The van der Waals surface area contributed by atoms with E-state index in [0.717, 1.165) is 12.3 Å². The van der Waals surface area contributed by atoms with Crippen molar-refractivity contribution in [1.82, 2.24) is 0 Å². The van der Waals surface area contributed by atoms with E-state index in [1.54, 1.807) is 0 Å². The third-order valence-corrected chi connectivity index (χ3v) is 4.05. The van der Waals surface area contributed by atoms with Gasteiger partial charge in [-0.1, -0.05) is 25.5 Å². The van der Waals surface area contributed by atoms with Crippen molar-refractivity contribution in [1.29, 1.82) is 0 Å². The number of benzene rings is 1. The normalized spacial score (nSPS) is 18.9. The van der Waals surface area contributed by atoms with Crippen LogP contribution >= 0.6 is 0 Å². The Morgan fingerprint density at radius 3 is 2.33 bits per heavy atom. The fourth-order valence-electron chi connectivity index (χ4n) is 2.81. The first-order valence-corrected chi connectivity index (χ1v) is 7.28. The van der Waals surface area contributed by atoms with Gasteiger partial charge in [0.25, 0.3) is 0 Å². The highest BCUT2D eigenvalue weighted by Crippen LogP contribution is 2.25. The van der Waals surface area contributed by atoms with Gasteiger partial charge in [0, 0.05) is 24.8 Å². The number of rotatable bonds is 4. The zero-order chi connectivity index (χ0) is 13.0. The van der Waals surface area contributed by atoms with Crippen LogP contribution in [0.15, 0.2) is 24.3 Å².